The molecule has 0 atom stereocenters. The van der Waals surface area contributed by atoms with Crippen LogP contribution in [0, 0.1) is 5.92 Å². The number of hydrogen-bond acceptors (Lipinski definition) is 2. The van der Waals surface area contributed by atoms with E-state index in [4.69, 9.17) is 0 Å². The zero-order valence-electron chi connectivity index (χ0n) is 10.0. The Morgan fingerprint density at radius 1 is 1.12 bits per heavy atom. The first-order chi connectivity index (χ1) is 8.33. The minimum absolute atomic E-state index is 0.672. The van der Waals surface area contributed by atoms with Crippen molar-refractivity contribution in [1.82, 2.24) is 0 Å². The van der Waals surface area contributed by atoms with Crippen LogP contribution < -0.4 is 5.32 Å². The minimum atomic E-state index is 0.672. The molecule has 1 aromatic heterocycles. The Labute approximate surface area is 106 Å². The maximum atomic E-state index is 3.67. The summed E-state index contributed by atoms with van der Waals surface area (Å²) >= 11 is 1.80. The summed E-state index contributed by atoms with van der Waals surface area (Å²) in [6, 6.07) is 13.6. The maximum absolute atomic E-state index is 3.67. The Kier molecular flexibility index (Phi) is 2.89. The van der Waals surface area contributed by atoms with Gasteiger partial charge in [0.2, 0.25) is 0 Å². The summed E-state index contributed by atoms with van der Waals surface area (Å²) in [6.45, 7) is 2.32. The molecule has 0 amide bonds. The van der Waals surface area contributed by atoms with Crippen LogP contribution in [0.3, 0.4) is 0 Å². The van der Waals surface area contributed by atoms with Gasteiger partial charge in [-0.2, -0.15) is 0 Å². The first-order valence-electron chi connectivity index (χ1n) is 6.22. The lowest BCUT2D eigenvalue weighted by Crippen LogP contribution is -2.33. The number of para-hydroxylation sites is 1. The van der Waals surface area contributed by atoms with Gasteiger partial charge in [0.05, 0.1) is 0 Å². The van der Waals surface area contributed by atoms with E-state index in [2.05, 4.69) is 54.0 Å². The van der Waals surface area contributed by atoms with E-state index in [1.54, 1.807) is 11.3 Å². The molecule has 0 saturated heterocycles. The van der Waals surface area contributed by atoms with Crippen molar-refractivity contribution in [1.29, 1.82) is 0 Å². The van der Waals surface area contributed by atoms with Crippen LogP contribution in [0.25, 0.3) is 10.4 Å². The summed E-state index contributed by atoms with van der Waals surface area (Å²) in [6.07, 6.45) is 2.61. The highest BCUT2D eigenvalue weighted by molar-refractivity contribution is 7.13. The molecular weight excluding hydrogens is 226 g/mol. The van der Waals surface area contributed by atoms with Crippen molar-refractivity contribution in [3.05, 3.63) is 41.8 Å². The molecule has 1 saturated carbocycles. The fraction of sp³-hybridized carbons (Fsp3) is 0.333. The van der Waals surface area contributed by atoms with E-state index in [0.29, 0.717) is 6.04 Å². The van der Waals surface area contributed by atoms with E-state index in [-0.39, 0.29) is 0 Å². The quantitative estimate of drug-likeness (QED) is 0.829. The standard InChI is InChI=1S/C15H17NS/c1-11-9-12(10-11)16-14-6-3-2-5-13(14)15-7-4-8-17-15/h2-8,11-12,16H,9-10H2,1H3. The van der Waals surface area contributed by atoms with E-state index >= 15 is 0 Å². The number of nitrogens with one attached hydrogen (secondary N) is 1. The number of rotatable bonds is 3. The molecule has 2 heteroatoms. The van der Waals surface area contributed by atoms with Crippen molar-refractivity contribution in [3.63, 3.8) is 0 Å². The van der Waals surface area contributed by atoms with Crippen LogP contribution in [0.2, 0.25) is 0 Å². The third-order valence-electron chi connectivity index (χ3n) is 3.45. The van der Waals surface area contributed by atoms with Crippen molar-refractivity contribution < 1.29 is 0 Å². The van der Waals surface area contributed by atoms with E-state index in [0.717, 1.165) is 5.92 Å². The zero-order chi connectivity index (χ0) is 11.7. The lowest BCUT2D eigenvalue weighted by atomic mass is 9.81. The predicted octanol–water partition coefficient (Wildman–Crippen LogP) is 4.63. The van der Waals surface area contributed by atoms with E-state index in [1.807, 2.05) is 0 Å². The molecule has 1 N–H and O–H groups in total. The van der Waals surface area contributed by atoms with Gasteiger partial charge < -0.3 is 5.32 Å². The van der Waals surface area contributed by atoms with Crippen molar-refractivity contribution in [2.45, 2.75) is 25.8 Å². The average Bonchev–Trinajstić information content (AvgIpc) is 2.81. The second-order valence-corrected chi connectivity index (χ2v) is 5.89. The van der Waals surface area contributed by atoms with Crippen LogP contribution >= 0.6 is 11.3 Å². The molecule has 1 aromatic carbocycles. The molecule has 0 unspecified atom stereocenters. The minimum Gasteiger partial charge on any atom is -0.382 e. The first kappa shape index (κ1) is 10.8. The molecule has 1 aliphatic carbocycles. The predicted molar refractivity (Wildman–Crippen MR) is 75.6 cm³/mol. The van der Waals surface area contributed by atoms with Crippen LogP contribution in [-0.2, 0) is 0 Å². The normalized spacial score (nSPS) is 23.1. The van der Waals surface area contributed by atoms with Crippen LogP contribution in [0.4, 0.5) is 5.69 Å². The molecule has 0 spiro atoms. The van der Waals surface area contributed by atoms with Crippen molar-refractivity contribution in [2.24, 2.45) is 5.92 Å². The molecule has 0 bridgehead atoms. The van der Waals surface area contributed by atoms with Gasteiger partial charge in [0, 0.05) is 22.2 Å². The fourth-order valence-electron chi connectivity index (χ4n) is 2.50. The lowest BCUT2D eigenvalue weighted by Gasteiger charge is -2.34. The molecule has 1 heterocycles. The Balaban J connectivity index is 1.84. The molecule has 1 nitrogen and oxygen atoms in total. The maximum Gasteiger partial charge on any atom is 0.0430 e. The zero-order valence-corrected chi connectivity index (χ0v) is 10.8. The summed E-state index contributed by atoms with van der Waals surface area (Å²) in [5.41, 5.74) is 2.62. The van der Waals surface area contributed by atoms with E-state index < -0.39 is 0 Å². The Hall–Kier alpha value is -1.28. The SMILES string of the molecule is CC1CC(Nc2ccccc2-c2cccs2)C1. The lowest BCUT2D eigenvalue weighted by molar-refractivity contribution is 0.309. The number of thiophene rings is 1. The Morgan fingerprint density at radius 2 is 1.94 bits per heavy atom. The molecule has 0 aliphatic heterocycles. The summed E-state index contributed by atoms with van der Waals surface area (Å²) in [4.78, 5) is 1.35. The highest BCUT2D eigenvalue weighted by atomic mass is 32.1. The third-order valence-corrected chi connectivity index (χ3v) is 4.35. The molecule has 17 heavy (non-hydrogen) atoms. The second-order valence-electron chi connectivity index (χ2n) is 4.94. The van der Waals surface area contributed by atoms with Crippen LogP contribution in [-0.4, -0.2) is 6.04 Å². The van der Waals surface area contributed by atoms with Gasteiger partial charge in [0.25, 0.3) is 0 Å². The third kappa shape index (κ3) is 2.22. The Bertz CT molecular complexity index is 483. The summed E-state index contributed by atoms with van der Waals surface area (Å²) in [5.74, 6) is 0.890. The highest BCUT2D eigenvalue weighted by Gasteiger charge is 2.25. The van der Waals surface area contributed by atoms with E-state index in [9.17, 15) is 0 Å². The highest BCUT2D eigenvalue weighted by Crippen LogP contribution is 2.35. The first-order valence-corrected chi connectivity index (χ1v) is 7.10. The largest absolute Gasteiger partial charge is 0.382 e. The summed E-state index contributed by atoms with van der Waals surface area (Å²) in [5, 5.41) is 5.81. The van der Waals surface area contributed by atoms with Gasteiger partial charge in [-0.05, 0) is 36.3 Å². The smallest absolute Gasteiger partial charge is 0.0430 e. The Morgan fingerprint density at radius 3 is 2.65 bits per heavy atom. The molecule has 0 radical (unpaired) electrons. The van der Waals surface area contributed by atoms with Crippen LogP contribution in [0.15, 0.2) is 41.8 Å². The second kappa shape index (κ2) is 4.53. The molecule has 1 aliphatic rings. The van der Waals surface area contributed by atoms with Crippen molar-refractivity contribution in [3.8, 4) is 10.4 Å². The van der Waals surface area contributed by atoms with Gasteiger partial charge in [-0.3, -0.25) is 0 Å². The molecule has 3 rings (SSSR count). The van der Waals surface area contributed by atoms with Gasteiger partial charge >= 0.3 is 0 Å². The molecule has 1 fully saturated rings. The summed E-state index contributed by atoms with van der Waals surface area (Å²) < 4.78 is 0. The summed E-state index contributed by atoms with van der Waals surface area (Å²) in [7, 11) is 0. The van der Waals surface area contributed by atoms with Gasteiger partial charge in [-0.15, -0.1) is 11.3 Å². The van der Waals surface area contributed by atoms with Crippen molar-refractivity contribution >= 4 is 17.0 Å². The topological polar surface area (TPSA) is 12.0 Å². The molecule has 88 valence electrons. The molecule has 2 aromatic rings. The number of anilines is 1. The number of hydrogen-bond donors (Lipinski definition) is 1. The average molecular weight is 243 g/mol. The van der Waals surface area contributed by atoms with Crippen LogP contribution in [0.1, 0.15) is 19.8 Å². The van der Waals surface area contributed by atoms with Gasteiger partial charge in [0.15, 0.2) is 0 Å². The molecular formula is C15H17NS. The van der Waals surface area contributed by atoms with E-state index in [1.165, 1.54) is 29.0 Å². The monoisotopic (exact) mass is 243 g/mol. The van der Waals surface area contributed by atoms with Gasteiger partial charge in [0.1, 0.15) is 0 Å². The fourth-order valence-corrected chi connectivity index (χ4v) is 3.26. The van der Waals surface area contributed by atoms with Crippen LogP contribution in [0.5, 0.6) is 0 Å². The number of benzene rings is 1. The van der Waals surface area contributed by atoms with Crippen molar-refractivity contribution in [2.75, 3.05) is 5.32 Å². The van der Waals surface area contributed by atoms with Gasteiger partial charge in [-0.25, -0.2) is 0 Å². The van der Waals surface area contributed by atoms with Gasteiger partial charge in [-0.1, -0.05) is 31.2 Å².